The lowest BCUT2D eigenvalue weighted by molar-refractivity contribution is -0.133. The summed E-state index contributed by atoms with van der Waals surface area (Å²) >= 11 is 0. The van der Waals surface area contributed by atoms with E-state index in [-0.39, 0.29) is 18.2 Å². The molecule has 0 aromatic heterocycles. The van der Waals surface area contributed by atoms with E-state index < -0.39 is 0 Å². The molecule has 4 unspecified atom stereocenters. The molecule has 122 valence electrons. The molecule has 0 spiro atoms. The lowest BCUT2D eigenvalue weighted by Crippen LogP contribution is -2.47. The number of carbonyl (C=O) groups excluding carboxylic acids is 1. The van der Waals surface area contributed by atoms with E-state index in [1.54, 1.807) is 0 Å². The van der Waals surface area contributed by atoms with Crippen molar-refractivity contribution in [2.45, 2.75) is 78.0 Å². The molecule has 2 fully saturated rings. The van der Waals surface area contributed by atoms with Crippen molar-refractivity contribution < 1.29 is 9.53 Å². The number of nitrogens with zero attached hydrogens (tertiary/aromatic N) is 1. The van der Waals surface area contributed by atoms with Gasteiger partial charge in [0.05, 0.1) is 18.8 Å². The topological polar surface area (TPSA) is 41.6 Å². The summed E-state index contributed by atoms with van der Waals surface area (Å²) in [4.78, 5) is 15.0. The molecule has 0 radical (unpaired) electrons. The van der Waals surface area contributed by atoms with Crippen LogP contribution in [0.5, 0.6) is 0 Å². The molecule has 0 aliphatic carbocycles. The second-order valence-corrected chi connectivity index (χ2v) is 7.12. The molecule has 21 heavy (non-hydrogen) atoms. The van der Waals surface area contributed by atoms with Crippen LogP contribution in [-0.2, 0) is 9.53 Å². The maximum absolute atomic E-state index is 12.8. The van der Waals surface area contributed by atoms with E-state index in [9.17, 15) is 4.79 Å². The largest absolute Gasteiger partial charge is 0.381 e. The number of unbranched alkanes of at least 4 members (excludes halogenated alkanes) is 1. The lowest BCUT2D eigenvalue weighted by Gasteiger charge is -2.34. The molecule has 2 aliphatic heterocycles. The molecule has 1 N–H and O–H groups in total. The zero-order valence-corrected chi connectivity index (χ0v) is 14.1. The first-order chi connectivity index (χ1) is 10.0. The number of carbonyl (C=O) groups is 1. The number of hydrogen-bond acceptors (Lipinski definition) is 3. The van der Waals surface area contributed by atoms with Crippen molar-refractivity contribution >= 4 is 5.91 Å². The van der Waals surface area contributed by atoms with Crippen molar-refractivity contribution in [3.63, 3.8) is 0 Å². The van der Waals surface area contributed by atoms with Crippen LogP contribution in [0.3, 0.4) is 0 Å². The Morgan fingerprint density at radius 2 is 2.14 bits per heavy atom. The maximum atomic E-state index is 12.8. The first-order valence-corrected chi connectivity index (χ1v) is 8.70. The fourth-order valence-electron chi connectivity index (χ4n) is 3.61. The van der Waals surface area contributed by atoms with Gasteiger partial charge in [-0.25, -0.2) is 0 Å². The van der Waals surface area contributed by atoms with Gasteiger partial charge in [0.25, 0.3) is 0 Å². The molecule has 2 aliphatic rings. The number of ether oxygens (including phenoxy) is 1. The molecule has 4 nitrogen and oxygen atoms in total. The van der Waals surface area contributed by atoms with Crippen LogP contribution in [0.4, 0.5) is 0 Å². The second kappa shape index (κ2) is 7.59. The van der Waals surface area contributed by atoms with Crippen LogP contribution in [0.1, 0.15) is 59.8 Å². The van der Waals surface area contributed by atoms with Crippen molar-refractivity contribution in [1.82, 2.24) is 10.2 Å². The Morgan fingerprint density at radius 1 is 1.38 bits per heavy atom. The predicted octanol–water partition coefficient (Wildman–Crippen LogP) is 2.77. The third-order valence-corrected chi connectivity index (χ3v) is 4.91. The van der Waals surface area contributed by atoms with Crippen molar-refractivity contribution in [2.75, 3.05) is 13.2 Å². The standard InChI is InChI=1S/C17H32N2O2/c1-5-6-7-15-17(20)19(16(18-15)10-12(2)3)13(4)14-8-9-21-11-14/h12-16,18H,5-11H2,1-4H3. The number of rotatable bonds is 7. The van der Waals surface area contributed by atoms with Crippen LogP contribution in [0.2, 0.25) is 0 Å². The molecule has 1 amide bonds. The van der Waals surface area contributed by atoms with E-state index in [0.717, 1.165) is 45.3 Å². The summed E-state index contributed by atoms with van der Waals surface area (Å²) in [5, 5.41) is 3.60. The third-order valence-electron chi connectivity index (χ3n) is 4.91. The van der Waals surface area contributed by atoms with Gasteiger partial charge in [0.1, 0.15) is 0 Å². The van der Waals surface area contributed by atoms with Gasteiger partial charge in [0, 0.05) is 18.6 Å². The van der Waals surface area contributed by atoms with Gasteiger partial charge < -0.3 is 9.64 Å². The summed E-state index contributed by atoms with van der Waals surface area (Å²) in [5.74, 6) is 1.40. The minimum atomic E-state index is 0.0264. The fraction of sp³-hybridized carbons (Fsp3) is 0.941. The number of amides is 1. The lowest BCUT2D eigenvalue weighted by atomic mass is 9.97. The molecular weight excluding hydrogens is 264 g/mol. The maximum Gasteiger partial charge on any atom is 0.241 e. The van der Waals surface area contributed by atoms with Crippen molar-refractivity contribution in [3.05, 3.63) is 0 Å². The van der Waals surface area contributed by atoms with Gasteiger partial charge in [-0.1, -0.05) is 33.6 Å². The van der Waals surface area contributed by atoms with Crippen LogP contribution in [0.25, 0.3) is 0 Å². The molecule has 4 heteroatoms. The van der Waals surface area contributed by atoms with E-state index in [0.29, 0.717) is 17.7 Å². The Bertz CT molecular complexity index is 340. The van der Waals surface area contributed by atoms with Gasteiger partial charge >= 0.3 is 0 Å². The number of nitrogens with one attached hydrogen (secondary N) is 1. The van der Waals surface area contributed by atoms with Gasteiger partial charge in [-0.15, -0.1) is 0 Å². The van der Waals surface area contributed by atoms with E-state index in [2.05, 4.69) is 37.9 Å². The van der Waals surface area contributed by atoms with Gasteiger partial charge in [0.15, 0.2) is 0 Å². The smallest absolute Gasteiger partial charge is 0.241 e. The molecular formula is C17H32N2O2. The Hall–Kier alpha value is -0.610. The minimum Gasteiger partial charge on any atom is -0.381 e. The first-order valence-electron chi connectivity index (χ1n) is 8.70. The predicted molar refractivity (Wildman–Crippen MR) is 84.9 cm³/mol. The van der Waals surface area contributed by atoms with Crippen molar-refractivity contribution in [2.24, 2.45) is 11.8 Å². The molecule has 2 rings (SSSR count). The van der Waals surface area contributed by atoms with E-state index >= 15 is 0 Å². The molecule has 0 bridgehead atoms. The molecule has 0 aromatic carbocycles. The minimum absolute atomic E-state index is 0.0264. The summed E-state index contributed by atoms with van der Waals surface area (Å²) in [7, 11) is 0. The molecule has 0 saturated carbocycles. The Morgan fingerprint density at radius 3 is 2.71 bits per heavy atom. The molecule has 2 saturated heterocycles. The van der Waals surface area contributed by atoms with Gasteiger partial charge in [-0.2, -0.15) is 0 Å². The summed E-state index contributed by atoms with van der Waals surface area (Å²) in [5.41, 5.74) is 0. The summed E-state index contributed by atoms with van der Waals surface area (Å²) in [6.07, 6.45) is 5.55. The summed E-state index contributed by atoms with van der Waals surface area (Å²) < 4.78 is 5.52. The van der Waals surface area contributed by atoms with Crippen LogP contribution in [-0.4, -0.2) is 42.3 Å². The fourth-order valence-corrected chi connectivity index (χ4v) is 3.61. The monoisotopic (exact) mass is 296 g/mol. The molecule has 0 aromatic rings. The van der Waals surface area contributed by atoms with Gasteiger partial charge in [-0.05, 0) is 32.1 Å². The Labute approximate surface area is 129 Å². The van der Waals surface area contributed by atoms with E-state index in [1.807, 2.05) is 0 Å². The highest BCUT2D eigenvalue weighted by molar-refractivity contribution is 5.84. The highest BCUT2D eigenvalue weighted by Crippen LogP contribution is 2.28. The van der Waals surface area contributed by atoms with Crippen molar-refractivity contribution in [3.8, 4) is 0 Å². The first kappa shape index (κ1) is 16.8. The van der Waals surface area contributed by atoms with Crippen LogP contribution >= 0.6 is 0 Å². The van der Waals surface area contributed by atoms with Crippen LogP contribution < -0.4 is 5.32 Å². The number of hydrogen-bond donors (Lipinski definition) is 1. The zero-order valence-electron chi connectivity index (χ0n) is 14.1. The summed E-state index contributed by atoms with van der Waals surface area (Å²) in [6.45, 7) is 10.5. The summed E-state index contributed by atoms with van der Waals surface area (Å²) in [6, 6.07) is 0.307. The van der Waals surface area contributed by atoms with E-state index in [4.69, 9.17) is 4.74 Å². The third kappa shape index (κ3) is 3.98. The average molecular weight is 296 g/mol. The normalized spacial score (nSPS) is 31.4. The van der Waals surface area contributed by atoms with E-state index in [1.165, 1.54) is 0 Å². The quantitative estimate of drug-likeness (QED) is 0.785. The highest BCUT2D eigenvalue weighted by Gasteiger charge is 2.43. The zero-order chi connectivity index (χ0) is 15.4. The Kier molecular flexibility index (Phi) is 6.06. The Balaban J connectivity index is 2.06. The second-order valence-electron chi connectivity index (χ2n) is 7.12. The van der Waals surface area contributed by atoms with Gasteiger partial charge in [-0.3, -0.25) is 10.1 Å². The average Bonchev–Trinajstić information content (AvgIpc) is 3.04. The van der Waals surface area contributed by atoms with Gasteiger partial charge in [0.2, 0.25) is 5.91 Å². The SMILES string of the molecule is CCCCC1NC(CC(C)C)N(C(C)C2CCOC2)C1=O. The van der Waals surface area contributed by atoms with Crippen LogP contribution in [0, 0.1) is 11.8 Å². The van der Waals surface area contributed by atoms with Crippen molar-refractivity contribution in [1.29, 1.82) is 0 Å². The van der Waals surface area contributed by atoms with Crippen LogP contribution in [0.15, 0.2) is 0 Å². The molecule has 2 heterocycles. The molecule has 4 atom stereocenters. The highest BCUT2D eigenvalue weighted by atomic mass is 16.5.